The van der Waals surface area contributed by atoms with Crippen molar-refractivity contribution >= 4 is 0 Å². The van der Waals surface area contributed by atoms with Gasteiger partial charge in [0.2, 0.25) is 0 Å². The summed E-state index contributed by atoms with van der Waals surface area (Å²) in [6.07, 6.45) is 1.91. The van der Waals surface area contributed by atoms with Gasteiger partial charge in [0.05, 0.1) is 5.69 Å². The highest BCUT2D eigenvalue weighted by Gasteiger charge is 2.12. The van der Waals surface area contributed by atoms with Crippen LogP contribution in [0.4, 0.5) is 0 Å². The predicted molar refractivity (Wildman–Crippen MR) is 79.1 cm³/mol. The van der Waals surface area contributed by atoms with Gasteiger partial charge >= 0.3 is 6.08 Å². The smallest absolute Gasteiger partial charge is 0.399 e. The molecule has 108 valence electrons. The lowest BCUT2D eigenvalue weighted by molar-refractivity contribution is 0.329. The third kappa shape index (κ3) is 3.84. The monoisotopic (exact) mass is 274 g/mol. The summed E-state index contributed by atoms with van der Waals surface area (Å²) in [4.78, 5) is 4.33. The number of aromatic nitrogens is 1. The molecule has 0 amide bonds. The normalized spacial score (nSPS) is 11.7. The Morgan fingerprint density at radius 3 is 2.70 bits per heavy atom. The van der Waals surface area contributed by atoms with Crippen molar-refractivity contribution in [1.29, 1.82) is 0 Å². The second-order valence-corrected chi connectivity index (χ2v) is 6.01. The largest absolute Gasteiger partial charge is 0.417 e. The fourth-order valence-corrected chi connectivity index (χ4v) is 1.70. The van der Waals surface area contributed by atoms with Crippen molar-refractivity contribution in [3.8, 4) is 11.8 Å². The topological polar surface area (TPSA) is 47.3 Å². The molecule has 0 spiro atoms. The summed E-state index contributed by atoms with van der Waals surface area (Å²) in [6.45, 7) is 11.1. The molecule has 0 bridgehead atoms. The maximum Gasteiger partial charge on any atom is 0.399 e. The van der Waals surface area contributed by atoms with Crippen LogP contribution in [0.2, 0.25) is 0 Å². The van der Waals surface area contributed by atoms with Gasteiger partial charge in [-0.05, 0) is 51.8 Å². The molecule has 4 nitrogen and oxygen atoms in total. The Morgan fingerprint density at radius 2 is 2.00 bits per heavy atom. The maximum atomic E-state index is 5.70. The van der Waals surface area contributed by atoms with Gasteiger partial charge in [-0.1, -0.05) is 12.1 Å². The molecule has 2 aromatic rings. The Morgan fingerprint density at radius 1 is 1.25 bits per heavy atom. The van der Waals surface area contributed by atoms with Crippen molar-refractivity contribution < 1.29 is 9.15 Å². The van der Waals surface area contributed by atoms with Gasteiger partial charge in [-0.3, -0.25) is 0 Å². The minimum atomic E-state index is 0.0487. The summed E-state index contributed by atoms with van der Waals surface area (Å²) in [7, 11) is 0. The number of rotatable bonds is 4. The Balaban J connectivity index is 2.04. The Kier molecular flexibility index (Phi) is 4.14. The molecular weight excluding hydrogens is 252 g/mol. The molecule has 1 N–H and O–H groups in total. The first-order valence-electron chi connectivity index (χ1n) is 6.79. The van der Waals surface area contributed by atoms with E-state index in [0.29, 0.717) is 6.54 Å². The van der Waals surface area contributed by atoms with Gasteiger partial charge in [0.25, 0.3) is 0 Å². The number of nitrogens with one attached hydrogen (secondary N) is 1. The van der Waals surface area contributed by atoms with E-state index in [2.05, 4.69) is 44.1 Å². The second kappa shape index (κ2) is 5.67. The molecule has 4 heteroatoms. The van der Waals surface area contributed by atoms with E-state index in [1.807, 2.05) is 19.1 Å². The van der Waals surface area contributed by atoms with Crippen molar-refractivity contribution in [1.82, 2.24) is 10.3 Å². The predicted octanol–water partition coefficient (Wildman–Crippen LogP) is 3.97. The van der Waals surface area contributed by atoms with Crippen LogP contribution < -0.4 is 10.1 Å². The number of hydrogen-bond acceptors (Lipinski definition) is 4. The van der Waals surface area contributed by atoms with Crippen LogP contribution >= 0.6 is 0 Å². The first-order chi connectivity index (χ1) is 9.35. The van der Waals surface area contributed by atoms with E-state index in [4.69, 9.17) is 9.15 Å². The van der Waals surface area contributed by atoms with Crippen LogP contribution in [-0.4, -0.2) is 10.5 Å². The number of benzene rings is 1. The SMILES string of the molecule is Cc1cccc(Oc2nc(CNC(C)(C)C)co2)c1C. The van der Waals surface area contributed by atoms with Gasteiger partial charge in [0.15, 0.2) is 0 Å². The minimum Gasteiger partial charge on any atom is -0.417 e. The summed E-state index contributed by atoms with van der Waals surface area (Å²) in [5.41, 5.74) is 3.16. The quantitative estimate of drug-likeness (QED) is 0.916. The number of hydrogen-bond donors (Lipinski definition) is 1. The third-order valence-corrected chi connectivity index (χ3v) is 3.08. The summed E-state index contributed by atoms with van der Waals surface area (Å²) in [5.74, 6) is 0.780. The number of ether oxygens (including phenoxy) is 1. The third-order valence-electron chi connectivity index (χ3n) is 3.08. The van der Waals surface area contributed by atoms with E-state index in [-0.39, 0.29) is 11.6 Å². The van der Waals surface area contributed by atoms with Gasteiger partial charge in [-0.2, -0.15) is 4.98 Å². The number of oxazole rings is 1. The van der Waals surface area contributed by atoms with Crippen LogP contribution in [0.3, 0.4) is 0 Å². The second-order valence-electron chi connectivity index (χ2n) is 6.01. The molecule has 20 heavy (non-hydrogen) atoms. The zero-order chi connectivity index (χ0) is 14.8. The first kappa shape index (κ1) is 14.6. The lowest BCUT2D eigenvalue weighted by Crippen LogP contribution is -2.35. The van der Waals surface area contributed by atoms with E-state index in [1.54, 1.807) is 6.26 Å². The molecule has 0 saturated carbocycles. The molecule has 0 aliphatic heterocycles. The first-order valence-corrected chi connectivity index (χ1v) is 6.79. The lowest BCUT2D eigenvalue weighted by Gasteiger charge is -2.19. The minimum absolute atomic E-state index is 0.0487. The highest BCUT2D eigenvalue weighted by molar-refractivity contribution is 5.39. The number of nitrogens with zero attached hydrogens (tertiary/aromatic N) is 1. The van der Waals surface area contributed by atoms with Crippen molar-refractivity contribution in [2.24, 2.45) is 0 Å². The van der Waals surface area contributed by atoms with Crippen LogP contribution in [0.25, 0.3) is 0 Å². The van der Waals surface area contributed by atoms with E-state index in [9.17, 15) is 0 Å². The molecule has 0 fully saturated rings. The zero-order valence-corrected chi connectivity index (χ0v) is 12.8. The fraction of sp³-hybridized carbons (Fsp3) is 0.438. The molecule has 0 aliphatic rings. The highest BCUT2D eigenvalue weighted by atomic mass is 16.6. The lowest BCUT2D eigenvalue weighted by atomic mass is 10.1. The summed E-state index contributed by atoms with van der Waals surface area (Å²) < 4.78 is 11.1. The molecular formula is C16H22N2O2. The van der Waals surface area contributed by atoms with Crippen LogP contribution in [0.1, 0.15) is 37.6 Å². The van der Waals surface area contributed by atoms with Crippen molar-refractivity contribution in [3.05, 3.63) is 41.3 Å². The standard InChI is InChI=1S/C16H22N2O2/c1-11-7-6-8-14(12(11)2)20-15-18-13(10-19-15)9-17-16(3,4)5/h6-8,10,17H,9H2,1-5H3. The van der Waals surface area contributed by atoms with E-state index < -0.39 is 0 Å². The van der Waals surface area contributed by atoms with E-state index in [1.165, 1.54) is 5.56 Å². The average molecular weight is 274 g/mol. The van der Waals surface area contributed by atoms with Gasteiger partial charge in [0, 0.05) is 12.1 Å². The molecule has 2 rings (SSSR count). The average Bonchev–Trinajstić information content (AvgIpc) is 2.80. The molecule has 0 saturated heterocycles. The Bertz CT molecular complexity index is 582. The van der Waals surface area contributed by atoms with Crippen LogP contribution in [0.5, 0.6) is 11.8 Å². The molecule has 0 aliphatic carbocycles. The van der Waals surface area contributed by atoms with E-state index in [0.717, 1.165) is 17.0 Å². The van der Waals surface area contributed by atoms with E-state index >= 15 is 0 Å². The van der Waals surface area contributed by atoms with Crippen molar-refractivity contribution in [3.63, 3.8) is 0 Å². The van der Waals surface area contributed by atoms with Crippen LogP contribution in [0.15, 0.2) is 28.9 Å². The Hall–Kier alpha value is -1.81. The maximum absolute atomic E-state index is 5.70. The summed E-state index contributed by atoms with van der Waals surface area (Å²) in [5, 5.41) is 3.36. The molecule has 0 atom stereocenters. The summed E-state index contributed by atoms with van der Waals surface area (Å²) in [6, 6.07) is 5.93. The van der Waals surface area contributed by atoms with Gasteiger partial charge < -0.3 is 14.5 Å². The van der Waals surface area contributed by atoms with Crippen LogP contribution in [-0.2, 0) is 6.54 Å². The Labute approximate surface area is 120 Å². The van der Waals surface area contributed by atoms with Crippen LogP contribution in [0, 0.1) is 13.8 Å². The number of aryl methyl sites for hydroxylation is 1. The molecule has 1 heterocycles. The van der Waals surface area contributed by atoms with Gasteiger partial charge in [-0.25, -0.2) is 0 Å². The molecule has 0 unspecified atom stereocenters. The zero-order valence-electron chi connectivity index (χ0n) is 12.8. The van der Waals surface area contributed by atoms with Gasteiger partial charge in [0.1, 0.15) is 12.0 Å². The molecule has 1 aromatic carbocycles. The summed E-state index contributed by atoms with van der Waals surface area (Å²) >= 11 is 0. The van der Waals surface area contributed by atoms with Crippen molar-refractivity contribution in [2.75, 3.05) is 0 Å². The van der Waals surface area contributed by atoms with Crippen molar-refractivity contribution in [2.45, 2.75) is 46.7 Å². The molecule has 1 aromatic heterocycles. The highest BCUT2D eigenvalue weighted by Crippen LogP contribution is 2.26. The fourth-order valence-electron chi connectivity index (χ4n) is 1.70. The van der Waals surface area contributed by atoms with Gasteiger partial charge in [-0.15, -0.1) is 0 Å². The molecule has 0 radical (unpaired) electrons.